The van der Waals surface area contributed by atoms with Gasteiger partial charge in [-0.3, -0.25) is 4.79 Å². The summed E-state index contributed by atoms with van der Waals surface area (Å²) >= 11 is 12.0. The first-order chi connectivity index (χ1) is 10.4. The van der Waals surface area contributed by atoms with E-state index in [4.69, 9.17) is 27.9 Å². The van der Waals surface area contributed by atoms with Crippen LogP contribution in [-0.2, 0) is 4.79 Å². The summed E-state index contributed by atoms with van der Waals surface area (Å²) in [4.78, 5) is 14.6. The molecule has 1 amide bonds. The van der Waals surface area contributed by atoms with Crippen molar-refractivity contribution in [3.63, 3.8) is 0 Å². The van der Waals surface area contributed by atoms with Gasteiger partial charge in [-0.25, -0.2) is 0 Å². The number of hydrogen-bond donors (Lipinski definition) is 1. The van der Waals surface area contributed by atoms with Crippen LogP contribution in [0.15, 0.2) is 18.2 Å². The number of nitrogens with zero attached hydrogens (tertiary/aromatic N) is 1. The van der Waals surface area contributed by atoms with Gasteiger partial charge in [0.2, 0.25) is 0 Å². The Bertz CT molecular complexity index is 539. The third-order valence-corrected chi connectivity index (χ3v) is 4.83. The summed E-state index contributed by atoms with van der Waals surface area (Å²) in [5, 5.41) is 3.82. The van der Waals surface area contributed by atoms with Crippen LogP contribution in [0.5, 0.6) is 5.75 Å². The Kier molecular flexibility index (Phi) is 5.95. The van der Waals surface area contributed by atoms with E-state index in [1.54, 1.807) is 25.1 Å². The lowest BCUT2D eigenvalue weighted by molar-refractivity contribution is -0.128. The molecular formula is C16H22Cl2N2O2. The molecule has 122 valence electrons. The monoisotopic (exact) mass is 344 g/mol. The molecule has 2 rings (SSSR count). The van der Waals surface area contributed by atoms with Gasteiger partial charge in [-0.05, 0) is 45.0 Å². The highest BCUT2D eigenvalue weighted by Crippen LogP contribution is 2.32. The molecule has 1 N–H and O–H groups in total. The first kappa shape index (κ1) is 17.4. The zero-order valence-electron chi connectivity index (χ0n) is 13.1. The largest absolute Gasteiger partial charge is 0.479 e. The molecule has 0 aromatic heterocycles. The summed E-state index contributed by atoms with van der Waals surface area (Å²) in [6, 6.07) is 5.31. The number of amides is 1. The van der Waals surface area contributed by atoms with E-state index in [0.717, 1.165) is 19.5 Å². The number of rotatable bonds is 4. The SMILES string of the molecule is C[C@H](Oc1cccc(Cl)c1Cl)C(=O)N[C@@H]1CCN(C)C[C@H]1C. The number of halogens is 2. The van der Waals surface area contributed by atoms with E-state index in [1.807, 2.05) is 0 Å². The molecule has 1 aliphatic heterocycles. The molecule has 1 heterocycles. The fraction of sp³-hybridized carbons (Fsp3) is 0.562. The summed E-state index contributed by atoms with van der Waals surface area (Å²) < 4.78 is 5.65. The van der Waals surface area contributed by atoms with Crippen molar-refractivity contribution in [3.05, 3.63) is 28.2 Å². The average molecular weight is 345 g/mol. The van der Waals surface area contributed by atoms with Crippen molar-refractivity contribution in [2.75, 3.05) is 20.1 Å². The van der Waals surface area contributed by atoms with Crippen molar-refractivity contribution in [1.82, 2.24) is 10.2 Å². The number of piperidine rings is 1. The molecular weight excluding hydrogens is 323 g/mol. The first-order valence-corrected chi connectivity index (χ1v) is 8.23. The number of carbonyl (C=O) groups is 1. The second kappa shape index (κ2) is 7.53. The number of likely N-dealkylation sites (tertiary alicyclic amines) is 1. The van der Waals surface area contributed by atoms with Crippen molar-refractivity contribution >= 4 is 29.1 Å². The van der Waals surface area contributed by atoms with Gasteiger partial charge in [0.25, 0.3) is 5.91 Å². The van der Waals surface area contributed by atoms with Crippen LogP contribution in [0.3, 0.4) is 0 Å². The fourth-order valence-corrected chi connectivity index (χ4v) is 3.02. The number of benzene rings is 1. The quantitative estimate of drug-likeness (QED) is 0.911. The van der Waals surface area contributed by atoms with Gasteiger partial charge < -0.3 is 15.0 Å². The lowest BCUT2D eigenvalue weighted by atomic mass is 9.94. The van der Waals surface area contributed by atoms with E-state index in [-0.39, 0.29) is 11.9 Å². The van der Waals surface area contributed by atoms with E-state index in [2.05, 4.69) is 24.2 Å². The molecule has 6 heteroatoms. The molecule has 1 aliphatic rings. The van der Waals surface area contributed by atoms with Crippen LogP contribution >= 0.6 is 23.2 Å². The van der Waals surface area contributed by atoms with Crippen LogP contribution in [0, 0.1) is 5.92 Å². The molecule has 1 saturated heterocycles. The minimum absolute atomic E-state index is 0.127. The standard InChI is InChI=1S/C16H22Cl2N2O2/c1-10-9-20(3)8-7-13(10)19-16(21)11(2)22-14-6-4-5-12(17)15(14)18/h4-6,10-11,13H,7-9H2,1-3H3,(H,19,21)/t10-,11+,13-/m1/s1. The summed E-state index contributed by atoms with van der Waals surface area (Å²) in [7, 11) is 2.10. The highest BCUT2D eigenvalue weighted by atomic mass is 35.5. The predicted molar refractivity (Wildman–Crippen MR) is 89.8 cm³/mol. The maximum atomic E-state index is 12.3. The zero-order chi connectivity index (χ0) is 16.3. The molecule has 1 fully saturated rings. The average Bonchev–Trinajstić information content (AvgIpc) is 2.46. The van der Waals surface area contributed by atoms with Gasteiger partial charge >= 0.3 is 0 Å². The second-order valence-corrected chi connectivity index (χ2v) is 6.74. The normalized spacial score (nSPS) is 23.9. The van der Waals surface area contributed by atoms with Gasteiger partial charge in [-0.2, -0.15) is 0 Å². The predicted octanol–water partition coefficient (Wildman–Crippen LogP) is 3.22. The van der Waals surface area contributed by atoms with Gasteiger partial charge in [0.1, 0.15) is 10.8 Å². The lowest BCUT2D eigenvalue weighted by Gasteiger charge is -2.35. The van der Waals surface area contributed by atoms with Gasteiger partial charge in [0, 0.05) is 12.6 Å². The summed E-state index contributed by atoms with van der Waals surface area (Å²) in [6.45, 7) is 5.84. The molecule has 0 saturated carbocycles. The molecule has 3 atom stereocenters. The Morgan fingerprint density at radius 3 is 2.86 bits per heavy atom. The molecule has 0 unspecified atom stereocenters. The number of carbonyl (C=O) groups excluding carboxylic acids is 1. The van der Waals surface area contributed by atoms with Crippen molar-refractivity contribution in [3.8, 4) is 5.75 Å². The second-order valence-electron chi connectivity index (χ2n) is 5.96. The maximum absolute atomic E-state index is 12.3. The van der Waals surface area contributed by atoms with E-state index < -0.39 is 6.10 Å². The van der Waals surface area contributed by atoms with E-state index in [9.17, 15) is 4.79 Å². The van der Waals surface area contributed by atoms with E-state index in [0.29, 0.717) is 21.7 Å². The number of ether oxygens (including phenoxy) is 1. The fourth-order valence-electron chi connectivity index (χ4n) is 2.69. The smallest absolute Gasteiger partial charge is 0.261 e. The Morgan fingerprint density at radius 2 is 2.18 bits per heavy atom. The molecule has 0 aliphatic carbocycles. The maximum Gasteiger partial charge on any atom is 0.261 e. The Labute approximate surface area is 141 Å². The van der Waals surface area contributed by atoms with Gasteiger partial charge in [0.15, 0.2) is 6.10 Å². The Morgan fingerprint density at radius 1 is 1.45 bits per heavy atom. The summed E-state index contributed by atoms with van der Waals surface area (Å²) in [6.07, 6.45) is 0.330. The van der Waals surface area contributed by atoms with Crippen LogP contribution in [0.4, 0.5) is 0 Å². The van der Waals surface area contributed by atoms with Crippen LogP contribution in [0.2, 0.25) is 10.0 Å². The molecule has 4 nitrogen and oxygen atoms in total. The minimum Gasteiger partial charge on any atom is -0.479 e. The minimum atomic E-state index is -0.622. The van der Waals surface area contributed by atoms with Crippen LogP contribution in [-0.4, -0.2) is 43.1 Å². The van der Waals surface area contributed by atoms with Crippen LogP contribution in [0.1, 0.15) is 20.3 Å². The van der Waals surface area contributed by atoms with Crippen LogP contribution in [0.25, 0.3) is 0 Å². The van der Waals surface area contributed by atoms with Gasteiger partial charge in [-0.15, -0.1) is 0 Å². The molecule has 1 aromatic carbocycles. The lowest BCUT2D eigenvalue weighted by Crippen LogP contribution is -2.51. The molecule has 0 spiro atoms. The van der Waals surface area contributed by atoms with Crippen molar-refractivity contribution < 1.29 is 9.53 Å². The molecule has 0 bridgehead atoms. The first-order valence-electron chi connectivity index (χ1n) is 7.48. The Hall–Kier alpha value is -0.970. The van der Waals surface area contributed by atoms with Crippen molar-refractivity contribution in [1.29, 1.82) is 0 Å². The number of hydrogen-bond acceptors (Lipinski definition) is 3. The van der Waals surface area contributed by atoms with E-state index >= 15 is 0 Å². The summed E-state index contributed by atoms with van der Waals surface area (Å²) in [5.74, 6) is 0.718. The molecule has 0 radical (unpaired) electrons. The highest BCUT2D eigenvalue weighted by Gasteiger charge is 2.27. The third kappa shape index (κ3) is 4.28. The van der Waals surface area contributed by atoms with Crippen molar-refractivity contribution in [2.45, 2.75) is 32.4 Å². The van der Waals surface area contributed by atoms with Gasteiger partial charge in [-0.1, -0.05) is 36.2 Å². The van der Waals surface area contributed by atoms with Crippen molar-refractivity contribution in [2.24, 2.45) is 5.92 Å². The highest BCUT2D eigenvalue weighted by molar-refractivity contribution is 6.42. The zero-order valence-corrected chi connectivity index (χ0v) is 14.6. The summed E-state index contributed by atoms with van der Waals surface area (Å²) in [5.41, 5.74) is 0. The van der Waals surface area contributed by atoms with Crippen LogP contribution < -0.4 is 10.1 Å². The van der Waals surface area contributed by atoms with Gasteiger partial charge in [0.05, 0.1) is 5.02 Å². The molecule has 1 aromatic rings. The Balaban J connectivity index is 1.93. The molecule has 22 heavy (non-hydrogen) atoms. The third-order valence-electron chi connectivity index (χ3n) is 4.03. The van der Waals surface area contributed by atoms with E-state index in [1.165, 1.54) is 0 Å². The number of nitrogens with one attached hydrogen (secondary N) is 1. The topological polar surface area (TPSA) is 41.6 Å².